The average Bonchev–Trinajstić information content (AvgIpc) is 3.43. The number of hydrogen-bond acceptors (Lipinski definition) is 8. The molecule has 3 heterocycles. The summed E-state index contributed by atoms with van der Waals surface area (Å²) in [7, 11) is 1.66. The van der Waals surface area contributed by atoms with E-state index in [0.29, 0.717) is 37.8 Å². The van der Waals surface area contributed by atoms with Gasteiger partial charge < -0.3 is 29.2 Å². The molecule has 3 aliphatic rings. The molecular formula is C24H31N3O5. The highest BCUT2D eigenvalue weighted by Gasteiger charge is 2.32. The van der Waals surface area contributed by atoms with E-state index in [1.165, 1.54) is 25.9 Å². The molecule has 8 heteroatoms. The van der Waals surface area contributed by atoms with Crippen LogP contribution in [-0.2, 0) is 20.7 Å². The van der Waals surface area contributed by atoms with Crippen molar-refractivity contribution in [2.75, 3.05) is 51.9 Å². The Hall–Kier alpha value is -2.58. The van der Waals surface area contributed by atoms with Crippen LogP contribution in [-0.4, -0.2) is 69.0 Å². The van der Waals surface area contributed by atoms with Crippen molar-refractivity contribution in [3.63, 3.8) is 0 Å². The molecule has 1 unspecified atom stereocenters. The largest absolute Gasteiger partial charge is 0.493 e. The van der Waals surface area contributed by atoms with Gasteiger partial charge in [-0.1, -0.05) is 0 Å². The Kier molecular flexibility index (Phi) is 6.32. The first-order valence-corrected chi connectivity index (χ1v) is 11.6. The van der Waals surface area contributed by atoms with Crippen LogP contribution in [0.15, 0.2) is 12.1 Å². The van der Waals surface area contributed by atoms with Crippen LogP contribution < -0.4 is 14.8 Å². The van der Waals surface area contributed by atoms with E-state index in [-0.39, 0.29) is 12.1 Å². The first kappa shape index (κ1) is 21.3. The molecule has 1 atom stereocenters. The summed E-state index contributed by atoms with van der Waals surface area (Å²) >= 11 is 0. The zero-order valence-corrected chi connectivity index (χ0v) is 18.6. The second-order valence-electron chi connectivity index (χ2n) is 8.76. The van der Waals surface area contributed by atoms with Crippen LogP contribution in [0.2, 0.25) is 0 Å². The summed E-state index contributed by atoms with van der Waals surface area (Å²) in [6.45, 7) is 5.95. The van der Waals surface area contributed by atoms with Crippen LogP contribution in [0.25, 0.3) is 10.9 Å². The minimum absolute atomic E-state index is 0.231. The topological polar surface area (TPSA) is 82.2 Å². The van der Waals surface area contributed by atoms with E-state index in [0.717, 1.165) is 53.7 Å². The molecule has 0 bridgehead atoms. The molecule has 2 fully saturated rings. The quantitative estimate of drug-likeness (QED) is 0.445. The minimum Gasteiger partial charge on any atom is -0.493 e. The summed E-state index contributed by atoms with van der Waals surface area (Å²) < 4.78 is 22.5. The van der Waals surface area contributed by atoms with Crippen molar-refractivity contribution < 1.29 is 23.7 Å². The maximum Gasteiger partial charge on any atom is 0.293 e. The Bertz CT molecular complexity index is 972. The number of benzene rings is 1. The number of nitrogens with zero attached hydrogens (tertiary/aromatic N) is 2. The Morgan fingerprint density at radius 3 is 2.81 bits per heavy atom. The van der Waals surface area contributed by atoms with Crippen LogP contribution in [0, 0.1) is 0 Å². The summed E-state index contributed by atoms with van der Waals surface area (Å²) in [6, 6.07) is 4.19. The van der Waals surface area contributed by atoms with Gasteiger partial charge in [0.05, 0.1) is 49.9 Å². The number of aromatic nitrogens is 1. The Labute approximate surface area is 188 Å². The molecule has 0 amide bonds. The van der Waals surface area contributed by atoms with E-state index in [1.54, 1.807) is 7.11 Å². The third kappa shape index (κ3) is 4.21. The van der Waals surface area contributed by atoms with Gasteiger partial charge in [0.2, 0.25) is 0 Å². The standard InChI is InChI=1S/C24H31N3O5/c1-29-21-11-17-19(12-22(21)31-10-4-9-27-7-2-3-8-27)26-18-5-6-20(32-15-28)23(18)24(17)25-16-13-30-14-16/h11-12,15-16,20H,2-10,13-14H2,1H3,(H,25,26). The molecule has 2 aliphatic heterocycles. The molecule has 2 saturated heterocycles. The number of carbonyl (C=O) groups excluding carboxylic acids is 1. The van der Waals surface area contributed by atoms with E-state index in [9.17, 15) is 4.79 Å². The number of ether oxygens (including phenoxy) is 4. The number of aryl methyl sites for hydroxylation is 1. The number of anilines is 1. The van der Waals surface area contributed by atoms with Crippen LogP contribution >= 0.6 is 0 Å². The molecule has 0 saturated carbocycles. The number of hydrogen-bond donors (Lipinski definition) is 1. The Balaban J connectivity index is 1.43. The lowest BCUT2D eigenvalue weighted by Crippen LogP contribution is -2.40. The van der Waals surface area contributed by atoms with E-state index in [4.69, 9.17) is 23.9 Å². The predicted octanol–water partition coefficient (Wildman–Crippen LogP) is 3.08. The van der Waals surface area contributed by atoms with Gasteiger partial charge in [-0.2, -0.15) is 0 Å². The number of fused-ring (bicyclic) bond motifs is 2. The highest BCUT2D eigenvalue weighted by molar-refractivity contribution is 5.96. The lowest BCUT2D eigenvalue weighted by Gasteiger charge is -2.30. The summed E-state index contributed by atoms with van der Waals surface area (Å²) in [5.74, 6) is 1.39. The zero-order valence-electron chi connectivity index (χ0n) is 18.6. The smallest absolute Gasteiger partial charge is 0.293 e. The molecule has 2 aromatic rings. The van der Waals surface area contributed by atoms with Crippen molar-refractivity contribution in [3.05, 3.63) is 23.4 Å². The van der Waals surface area contributed by atoms with Gasteiger partial charge in [-0.3, -0.25) is 9.78 Å². The molecule has 1 aromatic heterocycles. The van der Waals surface area contributed by atoms with E-state index >= 15 is 0 Å². The van der Waals surface area contributed by atoms with Crippen molar-refractivity contribution in [2.45, 2.75) is 44.2 Å². The van der Waals surface area contributed by atoms with E-state index in [1.807, 2.05) is 12.1 Å². The van der Waals surface area contributed by atoms with E-state index < -0.39 is 0 Å². The van der Waals surface area contributed by atoms with E-state index in [2.05, 4.69) is 10.2 Å². The van der Waals surface area contributed by atoms with Gasteiger partial charge in [-0.25, -0.2) is 0 Å². The number of methoxy groups -OCH3 is 1. The Morgan fingerprint density at radius 2 is 2.09 bits per heavy atom. The number of likely N-dealkylation sites (tertiary alicyclic amines) is 1. The average molecular weight is 442 g/mol. The highest BCUT2D eigenvalue weighted by Crippen LogP contribution is 2.44. The minimum atomic E-state index is -0.282. The maximum atomic E-state index is 11.1. The molecule has 172 valence electrons. The van der Waals surface area contributed by atoms with Crippen molar-refractivity contribution >= 4 is 23.1 Å². The van der Waals surface area contributed by atoms with Crippen LogP contribution in [0.5, 0.6) is 11.5 Å². The van der Waals surface area contributed by atoms with Crippen LogP contribution in [0.1, 0.15) is 43.0 Å². The molecule has 0 spiro atoms. The Morgan fingerprint density at radius 1 is 1.25 bits per heavy atom. The molecule has 1 aromatic carbocycles. The predicted molar refractivity (Wildman–Crippen MR) is 121 cm³/mol. The fourth-order valence-corrected chi connectivity index (χ4v) is 4.92. The van der Waals surface area contributed by atoms with Gasteiger partial charge in [-0.15, -0.1) is 0 Å². The van der Waals surface area contributed by atoms with Gasteiger partial charge in [-0.05, 0) is 51.3 Å². The summed E-state index contributed by atoms with van der Waals surface area (Å²) in [5.41, 5.74) is 3.75. The monoisotopic (exact) mass is 441 g/mol. The third-order valence-corrected chi connectivity index (χ3v) is 6.63. The number of carbonyl (C=O) groups is 1. The lowest BCUT2D eigenvalue weighted by molar-refractivity contribution is -0.133. The summed E-state index contributed by atoms with van der Waals surface area (Å²) in [6.07, 6.45) is 4.82. The van der Waals surface area contributed by atoms with Gasteiger partial charge >= 0.3 is 0 Å². The first-order valence-electron chi connectivity index (χ1n) is 11.6. The summed E-state index contributed by atoms with van der Waals surface area (Å²) in [4.78, 5) is 18.5. The molecule has 1 aliphatic carbocycles. The van der Waals surface area contributed by atoms with Crippen LogP contribution in [0.4, 0.5) is 5.69 Å². The second-order valence-corrected chi connectivity index (χ2v) is 8.76. The zero-order chi connectivity index (χ0) is 21.9. The molecule has 8 nitrogen and oxygen atoms in total. The van der Waals surface area contributed by atoms with Gasteiger partial charge in [0.15, 0.2) is 11.5 Å². The second kappa shape index (κ2) is 9.50. The van der Waals surface area contributed by atoms with Crippen molar-refractivity contribution in [2.24, 2.45) is 0 Å². The van der Waals surface area contributed by atoms with Crippen LogP contribution in [0.3, 0.4) is 0 Å². The van der Waals surface area contributed by atoms with Gasteiger partial charge in [0.25, 0.3) is 6.47 Å². The highest BCUT2D eigenvalue weighted by atomic mass is 16.5. The molecule has 32 heavy (non-hydrogen) atoms. The van der Waals surface area contributed by atoms with Gasteiger partial charge in [0, 0.05) is 23.6 Å². The van der Waals surface area contributed by atoms with Crippen molar-refractivity contribution in [1.29, 1.82) is 0 Å². The SMILES string of the molecule is COc1cc2c(NC3COC3)c3c(nc2cc1OCCCN1CCCC1)CCC3OC=O. The molecule has 0 radical (unpaired) electrons. The molecular weight excluding hydrogens is 410 g/mol. The molecule has 1 N–H and O–H groups in total. The maximum absolute atomic E-state index is 11.1. The first-order chi connectivity index (χ1) is 15.8. The number of rotatable bonds is 10. The lowest BCUT2D eigenvalue weighted by atomic mass is 10.0. The fraction of sp³-hybridized carbons (Fsp3) is 0.583. The fourth-order valence-electron chi connectivity index (χ4n) is 4.92. The van der Waals surface area contributed by atoms with Gasteiger partial charge in [0.1, 0.15) is 6.10 Å². The molecule has 5 rings (SSSR count). The van der Waals surface area contributed by atoms with Crippen molar-refractivity contribution in [1.82, 2.24) is 9.88 Å². The number of nitrogens with one attached hydrogen (secondary N) is 1. The third-order valence-electron chi connectivity index (χ3n) is 6.63. The normalized spacial score (nSPS) is 20.7. The summed E-state index contributed by atoms with van der Waals surface area (Å²) in [5, 5.41) is 4.54. The van der Waals surface area contributed by atoms with Crippen molar-refractivity contribution in [3.8, 4) is 11.5 Å². The number of pyridine rings is 1.